The number of aliphatic hydroxyl groups excluding tert-OH is 1. The van der Waals surface area contributed by atoms with E-state index in [9.17, 15) is 19.5 Å². The van der Waals surface area contributed by atoms with Gasteiger partial charge in [0.25, 0.3) is 0 Å². The van der Waals surface area contributed by atoms with Crippen molar-refractivity contribution in [1.82, 2.24) is 20.5 Å². The first-order valence-corrected chi connectivity index (χ1v) is 18.3. The van der Waals surface area contributed by atoms with Gasteiger partial charge in [0.2, 0.25) is 17.7 Å². The Morgan fingerprint density at radius 2 is 1.65 bits per heavy atom. The standard InChI is InChI=1S/C36H57N5O6S/c1-26-32(48-25-39-26)28-15-13-27(14-16-28)23-38-34(44)30-22-29(42)24-41(30)35(45)33(36(2,3)4)40-31(43)12-10-8-6-5-7-9-11-18-46-20-21-47-19-17-37/h13-16,25,29-30,33,42H,5-12,17-24,37H2,1-4H3,(H,38,44)(H,40,43)/t29-,30+,33-/m1/s1. The number of β-amino-alcohol motifs (C(OH)–C–C–N with tert-alkyl or cyclic N) is 1. The average molecular weight is 688 g/mol. The summed E-state index contributed by atoms with van der Waals surface area (Å²) >= 11 is 1.59. The van der Waals surface area contributed by atoms with Gasteiger partial charge in [-0.3, -0.25) is 14.4 Å². The van der Waals surface area contributed by atoms with Gasteiger partial charge in [0.15, 0.2) is 0 Å². The van der Waals surface area contributed by atoms with Crippen LogP contribution in [-0.2, 0) is 30.4 Å². The number of rotatable bonds is 21. The van der Waals surface area contributed by atoms with Gasteiger partial charge in [-0.25, -0.2) is 4.98 Å². The van der Waals surface area contributed by atoms with Crippen LogP contribution in [0.4, 0.5) is 0 Å². The third-order valence-corrected chi connectivity index (χ3v) is 9.52. The van der Waals surface area contributed by atoms with E-state index >= 15 is 0 Å². The number of carbonyl (C=O) groups excluding carboxylic acids is 3. The summed E-state index contributed by atoms with van der Waals surface area (Å²) in [6.07, 6.45) is 6.84. The monoisotopic (exact) mass is 687 g/mol. The van der Waals surface area contributed by atoms with Gasteiger partial charge in [0.05, 0.1) is 42.0 Å². The van der Waals surface area contributed by atoms with E-state index < -0.39 is 23.6 Å². The largest absolute Gasteiger partial charge is 0.391 e. The fourth-order valence-corrected chi connectivity index (χ4v) is 6.60. The van der Waals surface area contributed by atoms with Crippen LogP contribution in [0.1, 0.15) is 89.8 Å². The topological polar surface area (TPSA) is 156 Å². The van der Waals surface area contributed by atoms with Crippen LogP contribution < -0.4 is 16.4 Å². The van der Waals surface area contributed by atoms with Crippen LogP contribution in [-0.4, -0.2) is 90.4 Å². The highest BCUT2D eigenvalue weighted by Gasteiger charge is 2.44. The number of thiazole rings is 1. The number of benzene rings is 1. The lowest BCUT2D eigenvalue weighted by molar-refractivity contribution is -0.144. The van der Waals surface area contributed by atoms with Gasteiger partial charge in [-0.2, -0.15) is 0 Å². The molecular weight excluding hydrogens is 630 g/mol. The first-order valence-electron chi connectivity index (χ1n) is 17.4. The van der Waals surface area contributed by atoms with Crippen molar-refractivity contribution in [3.05, 3.63) is 41.0 Å². The Kier molecular flexibility index (Phi) is 16.9. The van der Waals surface area contributed by atoms with E-state index in [2.05, 4.69) is 15.6 Å². The molecule has 1 aromatic carbocycles. The number of nitrogens with zero attached hydrogens (tertiary/aromatic N) is 2. The molecule has 0 unspecified atom stereocenters. The van der Waals surface area contributed by atoms with Crippen LogP contribution in [0.5, 0.6) is 0 Å². The van der Waals surface area contributed by atoms with E-state index in [0.29, 0.717) is 39.3 Å². The molecule has 1 aromatic heterocycles. The SMILES string of the molecule is Cc1ncsc1-c1ccc(CNC(=O)[C@@H]2C[C@@H](O)CN2C(=O)[C@@H](NC(=O)CCCCCCCCCOCCOCCN)C(C)(C)C)cc1. The van der Waals surface area contributed by atoms with Gasteiger partial charge < -0.3 is 35.8 Å². The number of carbonyl (C=O) groups is 3. The molecule has 48 heavy (non-hydrogen) atoms. The highest BCUT2D eigenvalue weighted by Crippen LogP contribution is 2.28. The molecule has 1 aliphatic rings. The molecule has 2 aromatic rings. The van der Waals surface area contributed by atoms with Crippen LogP contribution in [0.3, 0.4) is 0 Å². The maximum Gasteiger partial charge on any atom is 0.246 e. The quantitative estimate of drug-likeness (QED) is 0.141. The number of aromatic nitrogens is 1. The van der Waals surface area contributed by atoms with Gasteiger partial charge in [-0.05, 0) is 36.3 Å². The van der Waals surface area contributed by atoms with Crippen LogP contribution in [0.25, 0.3) is 10.4 Å². The molecule has 12 heteroatoms. The van der Waals surface area contributed by atoms with Crippen LogP contribution in [0.15, 0.2) is 29.8 Å². The maximum absolute atomic E-state index is 13.8. The Balaban J connectivity index is 1.40. The summed E-state index contributed by atoms with van der Waals surface area (Å²) in [7, 11) is 0. The molecule has 3 atom stereocenters. The molecule has 5 N–H and O–H groups in total. The molecule has 11 nitrogen and oxygen atoms in total. The first kappa shape index (κ1) is 39.5. The third-order valence-electron chi connectivity index (χ3n) is 8.54. The Morgan fingerprint density at radius 3 is 2.27 bits per heavy atom. The molecule has 1 fully saturated rings. The number of likely N-dealkylation sites (tertiary alicyclic amines) is 1. The molecule has 0 aliphatic carbocycles. The second-order valence-corrected chi connectivity index (χ2v) is 14.5. The number of aryl methyl sites for hydroxylation is 1. The lowest BCUT2D eigenvalue weighted by atomic mass is 9.85. The number of nitrogens with two attached hydrogens (primary N) is 1. The minimum Gasteiger partial charge on any atom is -0.391 e. The van der Waals surface area contributed by atoms with Crippen molar-refractivity contribution in [3.8, 4) is 10.4 Å². The van der Waals surface area contributed by atoms with Gasteiger partial charge in [-0.1, -0.05) is 77.1 Å². The normalized spacial score (nSPS) is 17.0. The highest BCUT2D eigenvalue weighted by molar-refractivity contribution is 7.13. The molecule has 1 aliphatic heterocycles. The molecule has 0 spiro atoms. The Hall–Kier alpha value is -2.90. The molecule has 2 heterocycles. The molecule has 3 rings (SSSR count). The van der Waals surface area contributed by atoms with E-state index in [1.807, 2.05) is 57.5 Å². The van der Waals surface area contributed by atoms with E-state index in [4.69, 9.17) is 15.2 Å². The number of unbranched alkanes of at least 4 members (excludes halogenated alkanes) is 6. The summed E-state index contributed by atoms with van der Waals surface area (Å²) in [6, 6.07) is 6.33. The summed E-state index contributed by atoms with van der Waals surface area (Å²) in [5.74, 6) is -0.834. The second kappa shape index (κ2) is 20.6. The zero-order chi connectivity index (χ0) is 34.9. The summed E-state index contributed by atoms with van der Waals surface area (Å²) in [6.45, 7) is 11.0. The molecular formula is C36H57N5O6S. The van der Waals surface area contributed by atoms with Crippen molar-refractivity contribution in [3.63, 3.8) is 0 Å². The zero-order valence-electron chi connectivity index (χ0n) is 29.3. The molecule has 0 saturated carbocycles. The van der Waals surface area contributed by atoms with Crippen molar-refractivity contribution in [2.75, 3.05) is 39.5 Å². The van der Waals surface area contributed by atoms with Gasteiger partial charge in [-0.15, -0.1) is 11.3 Å². The number of hydrogen-bond donors (Lipinski definition) is 4. The molecule has 1 saturated heterocycles. The van der Waals surface area contributed by atoms with E-state index in [1.165, 1.54) is 4.90 Å². The van der Waals surface area contributed by atoms with Crippen molar-refractivity contribution in [2.24, 2.45) is 11.1 Å². The smallest absolute Gasteiger partial charge is 0.246 e. The van der Waals surface area contributed by atoms with E-state index in [-0.39, 0.29) is 30.7 Å². The predicted molar refractivity (Wildman–Crippen MR) is 189 cm³/mol. The number of nitrogens with one attached hydrogen (secondary N) is 2. The summed E-state index contributed by atoms with van der Waals surface area (Å²) in [4.78, 5) is 47.0. The van der Waals surface area contributed by atoms with Crippen LogP contribution in [0, 0.1) is 12.3 Å². The van der Waals surface area contributed by atoms with Gasteiger partial charge in [0, 0.05) is 39.1 Å². The fraction of sp³-hybridized carbons (Fsp3) is 0.667. The molecule has 268 valence electrons. The number of ether oxygens (including phenoxy) is 2. The van der Waals surface area contributed by atoms with Gasteiger partial charge in [0.1, 0.15) is 12.1 Å². The summed E-state index contributed by atoms with van der Waals surface area (Å²) in [5, 5.41) is 16.4. The van der Waals surface area contributed by atoms with Crippen LogP contribution >= 0.6 is 11.3 Å². The average Bonchev–Trinajstić information content (AvgIpc) is 3.67. The van der Waals surface area contributed by atoms with Crippen molar-refractivity contribution < 1.29 is 29.0 Å². The lowest BCUT2D eigenvalue weighted by Gasteiger charge is -2.35. The van der Waals surface area contributed by atoms with E-state index in [1.54, 1.807) is 11.3 Å². The third kappa shape index (κ3) is 13.2. The van der Waals surface area contributed by atoms with Crippen LogP contribution in [0.2, 0.25) is 0 Å². The maximum atomic E-state index is 13.8. The zero-order valence-corrected chi connectivity index (χ0v) is 30.1. The summed E-state index contributed by atoms with van der Waals surface area (Å²) in [5.41, 5.74) is 9.61. The van der Waals surface area contributed by atoms with Crippen molar-refractivity contribution >= 4 is 29.1 Å². The number of aliphatic hydroxyl groups is 1. The minimum absolute atomic E-state index is 0.0532. The Bertz CT molecular complexity index is 1260. The van der Waals surface area contributed by atoms with Crippen molar-refractivity contribution in [2.45, 2.75) is 110 Å². The summed E-state index contributed by atoms with van der Waals surface area (Å²) < 4.78 is 10.8. The van der Waals surface area contributed by atoms with E-state index in [0.717, 1.165) is 73.3 Å². The van der Waals surface area contributed by atoms with Crippen molar-refractivity contribution in [1.29, 1.82) is 0 Å². The molecule has 0 bridgehead atoms. The molecule has 3 amide bonds. The Labute approximate surface area is 290 Å². The number of amides is 3. The predicted octanol–water partition coefficient (Wildman–Crippen LogP) is 4.34. The minimum atomic E-state index is -0.817. The number of hydrogen-bond acceptors (Lipinski definition) is 9. The van der Waals surface area contributed by atoms with Gasteiger partial charge >= 0.3 is 0 Å². The lowest BCUT2D eigenvalue weighted by Crippen LogP contribution is -2.57. The Morgan fingerprint density at radius 1 is 1.00 bits per heavy atom. The first-order chi connectivity index (χ1) is 23.0. The second-order valence-electron chi connectivity index (χ2n) is 13.7. The molecule has 0 radical (unpaired) electrons. The fourth-order valence-electron chi connectivity index (χ4n) is 5.79. The highest BCUT2D eigenvalue weighted by atomic mass is 32.1.